The summed E-state index contributed by atoms with van der Waals surface area (Å²) in [7, 11) is 0. The van der Waals surface area contributed by atoms with Gasteiger partial charge in [0.05, 0.1) is 10.7 Å². The second-order valence-corrected chi connectivity index (χ2v) is 4.15. The van der Waals surface area contributed by atoms with E-state index in [-0.39, 0.29) is 12.5 Å². The molecule has 1 aromatic carbocycles. The molecule has 4 heteroatoms. The first-order chi connectivity index (χ1) is 7.72. The molecule has 1 atom stereocenters. The number of aromatic nitrogens is 2. The van der Waals surface area contributed by atoms with E-state index in [1.807, 2.05) is 37.4 Å². The van der Waals surface area contributed by atoms with Gasteiger partial charge in [-0.3, -0.25) is 0 Å². The van der Waals surface area contributed by atoms with Crippen LogP contribution in [0.15, 0.2) is 36.7 Å². The highest BCUT2D eigenvalue weighted by Gasteiger charge is 2.08. The van der Waals surface area contributed by atoms with Gasteiger partial charge < -0.3 is 5.11 Å². The highest BCUT2D eigenvalue weighted by atomic mass is 35.5. The summed E-state index contributed by atoms with van der Waals surface area (Å²) in [5, 5.41) is 13.8. The van der Waals surface area contributed by atoms with Gasteiger partial charge in [0.15, 0.2) is 0 Å². The van der Waals surface area contributed by atoms with E-state index >= 15 is 0 Å². The molecular weight excluding hydrogens is 224 g/mol. The fraction of sp³-hybridized carbons (Fsp3) is 0.250. The van der Waals surface area contributed by atoms with Crippen molar-refractivity contribution in [2.45, 2.75) is 12.8 Å². The van der Waals surface area contributed by atoms with Crippen LogP contribution in [0.3, 0.4) is 0 Å². The molecule has 3 nitrogen and oxygen atoms in total. The quantitative estimate of drug-likeness (QED) is 0.890. The lowest BCUT2D eigenvalue weighted by molar-refractivity contribution is 0.273. The zero-order chi connectivity index (χ0) is 11.5. The lowest BCUT2D eigenvalue weighted by Crippen LogP contribution is -2.01. The Bertz CT molecular complexity index is 468. The fourth-order valence-electron chi connectivity index (χ4n) is 1.53. The molecule has 1 unspecified atom stereocenters. The summed E-state index contributed by atoms with van der Waals surface area (Å²) in [6.45, 7) is 2.08. The van der Waals surface area contributed by atoms with E-state index in [0.29, 0.717) is 5.02 Å². The standard InChI is InChI=1S/C12H13ClN2O/c1-9(8-16)10-3-4-12(11(13)7-10)15-6-2-5-14-15/h2-7,9,16H,8H2,1H3. The van der Waals surface area contributed by atoms with Crippen LogP contribution in [-0.4, -0.2) is 21.5 Å². The number of halogens is 1. The first-order valence-corrected chi connectivity index (χ1v) is 5.50. The molecule has 0 bridgehead atoms. The minimum atomic E-state index is 0.101. The zero-order valence-electron chi connectivity index (χ0n) is 8.97. The van der Waals surface area contributed by atoms with Crippen LogP contribution in [0.25, 0.3) is 5.69 Å². The third kappa shape index (κ3) is 2.10. The molecule has 0 aliphatic carbocycles. The Balaban J connectivity index is 2.37. The second kappa shape index (κ2) is 4.68. The number of benzene rings is 1. The van der Waals surface area contributed by atoms with Crippen LogP contribution in [0, 0.1) is 0 Å². The molecule has 0 amide bonds. The smallest absolute Gasteiger partial charge is 0.0831 e. The molecular formula is C12H13ClN2O. The van der Waals surface area contributed by atoms with Crippen molar-refractivity contribution in [1.29, 1.82) is 0 Å². The van der Waals surface area contributed by atoms with Crippen molar-refractivity contribution in [3.8, 4) is 5.69 Å². The van der Waals surface area contributed by atoms with E-state index in [9.17, 15) is 0 Å². The molecule has 1 N–H and O–H groups in total. The summed E-state index contributed by atoms with van der Waals surface area (Å²) in [6, 6.07) is 7.60. The minimum absolute atomic E-state index is 0.101. The molecule has 0 radical (unpaired) electrons. The van der Waals surface area contributed by atoms with Gasteiger partial charge in [0, 0.05) is 24.9 Å². The summed E-state index contributed by atoms with van der Waals surface area (Å²) >= 11 is 6.18. The lowest BCUT2D eigenvalue weighted by atomic mass is 10.0. The Morgan fingerprint density at radius 2 is 2.31 bits per heavy atom. The van der Waals surface area contributed by atoms with Crippen LogP contribution >= 0.6 is 11.6 Å². The van der Waals surface area contributed by atoms with Gasteiger partial charge in [-0.15, -0.1) is 0 Å². The van der Waals surface area contributed by atoms with Crippen molar-refractivity contribution in [3.05, 3.63) is 47.2 Å². The number of hydrogen-bond acceptors (Lipinski definition) is 2. The van der Waals surface area contributed by atoms with Crippen molar-refractivity contribution in [1.82, 2.24) is 9.78 Å². The predicted molar refractivity (Wildman–Crippen MR) is 64.1 cm³/mol. The first-order valence-electron chi connectivity index (χ1n) is 5.12. The first kappa shape index (κ1) is 11.2. The summed E-state index contributed by atoms with van der Waals surface area (Å²) in [5.74, 6) is 0.101. The van der Waals surface area contributed by atoms with Gasteiger partial charge in [0.25, 0.3) is 0 Å². The van der Waals surface area contributed by atoms with Crippen LogP contribution < -0.4 is 0 Å². The summed E-state index contributed by atoms with van der Waals surface area (Å²) in [5.41, 5.74) is 1.88. The maximum atomic E-state index is 9.07. The molecule has 0 spiro atoms. The molecule has 1 heterocycles. The van der Waals surface area contributed by atoms with Gasteiger partial charge in [-0.1, -0.05) is 24.6 Å². The summed E-state index contributed by atoms with van der Waals surface area (Å²) in [6.07, 6.45) is 3.55. The molecule has 2 aromatic rings. The average molecular weight is 237 g/mol. The summed E-state index contributed by atoms with van der Waals surface area (Å²) in [4.78, 5) is 0. The van der Waals surface area contributed by atoms with Crippen molar-refractivity contribution in [2.75, 3.05) is 6.61 Å². The predicted octanol–water partition coefficient (Wildman–Crippen LogP) is 2.62. The second-order valence-electron chi connectivity index (χ2n) is 3.75. The van der Waals surface area contributed by atoms with E-state index in [4.69, 9.17) is 16.7 Å². The Kier molecular flexibility index (Phi) is 3.27. The lowest BCUT2D eigenvalue weighted by Gasteiger charge is -2.11. The average Bonchev–Trinajstić information content (AvgIpc) is 2.81. The number of nitrogens with zero attached hydrogens (tertiary/aromatic N) is 2. The monoisotopic (exact) mass is 236 g/mol. The number of rotatable bonds is 3. The number of hydrogen-bond donors (Lipinski definition) is 1. The molecule has 0 saturated heterocycles. The third-order valence-corrected chi connectivity index (χ3v) is 2.87. The maximum absolute atomic E-state index is 9.07. The Morgan fingerprint density at radius 1 is 1.50 bits per heavy atom. The van der Waals surface area contributed by atoms with Gasteiger partial charge in [-0.25, -0.2) is 4.68 Å². The van der Waals surface area contributed by atoms with E-state index in [1.54, 1.807) is 10.9 Å². The molecule has 0 aliphatic heterocycles. The van der Waals surface area contributed by atoms with Crippen LogP contribution in [0.1, 0.15) is 18.4 Å². The van der Waals surface area contributed by atoms with Gasteiger partial charge in [0.2, 0.25) is 0 Å². The molecule has 0 saturated carbocycles. The van der Waals surface area contributed by atoms with Crippen LogP contribution in [-0.2, 0) is 0 Å². The van der Waals surface area contributed by atoms with E-state index in [0.717, 1.165) is 11.3 Å². The van der Waals surface area contributed by atoms with Crippen molar-refractivity contribution in [3.63, 3.8) is 0 Å². The molecule has 16 heavy (non-hydrogen) atoms. The van der Waals surface area contributed by atoms with Crippen LogP contribution in [0.4, 0.5) is 0 Å². The SMILES string of the molecule is CC(CO)c1ccc(-n2cccn2)c(Cl)c1. The van der Waals surface area contributed by atoms with Crippen molar-refractivity contribution in [2.24, 2.45) is 0 Å². The highest BCUT2D eigenvalue weighted by Crippen LogP contribution is 2.25. The van der Waals surface area contributed by atoms with E-state index in [2.05, 4.69) is 5.10 Å². The van der Waals surface area contributed by atoms with E-state index in [1.165, 1.54) is 0 Å². The fourth-order valence-corrected chi connectivity index (χ4v) is 1.81. The van der Waals surface area contributed by atoms with E-state index < -0.39 is 0 Å². The molecule has 0 fully saturated rings. The Hall–Kier alpha value is -1.32. The van der Waals surface area contributed by atoms with Crippen LogP contribution in [0.2, 0.25) is 5.02 Å². The Morgan fingerprint density at radius 3 is 2.88 bits per heavy atom. The van der Waals surface area contributed by atoms with Gasteiger partial charge in [0.1, 0.15) is 0 Å². The maximum Gasteiger partial charge on any atom is 0.0831 e. The molecule has 1 aromatic heterocycles. The zero-order valence-corrected chi connectivity index (χ0v) is 9.72. The molecule has 2 rings (SSSR count). The van der Waals surface area contributed by atoms with Crippen molar-refractivity contribution < 1.29 is 5.11 Å². The number of aliphatic hydroxyl groups excluding tert-OH is 1. The third-order valence-electron chi connectivity index (χ3n) is 2.57. The summed E-state index contributed by atoms with van der Waals surface area (Å²) < 4.78 is 1.72. The molecule has 84 valence electrons. The van der Waals surface area contributed by atoms with Crippen molar-refractivity contribution >= 4 is 11.6 Å². The normalized spacial score (nSPS) is 12.7. The topological polar surface area (TPSA) is 38.0 Å². The Labute approximate surface area is 99.3 Å². The minimum Gasteiger partial charge on any atom is -0.396 e. The molecule has 0 aliphatic rings. The van der Waals surface area contributed by atoms with Crippen LogP contribution in [0.5, 0.6) is 0 Å². The van der Waals surface area contributed by atoms with Gasteiger partial charge in [-0.2, -0.15) is 5.10 Å². The number of aliphatic hydroxyl groups is 1. The van der Waals surface area contributed by atoms with Gasteiger partial charge >= 0.3 is 0 Å². The largest absolute Gasteiger partial charge is 0.396 e. The van der Waals surface area contributed by atoms with Gasteiger partial charge in [-0.05, 0) is 23.8 Å². The highest BCUT2D eigenvalue weighted by molar-refractivity contribution is 6.32.